The molecular weight excluding hydrogens is 182 g/mol. The molecule has 0 N–H and O–H groups in total. The minimum atomic E-state index is 0.974. The molecule has 0 fully saturated rings. The van der Waals surface area contributed by atoms with Gasteiger partial charge >= 0.3 is 0 Å². The highest BCUT2D eigenvalue weighted by molar-refractivity contribution is 7.98. The molecule has 0 atom stereocenters. The van der Waals surface area contributed by atoms with Gasteiger partial charge in [0.1, 0.15) is 5.76 Å². The second kappa shape index (κ2) is 5.32. The lowest BCUT2D eigenvalue weighted by Gasteiger charge is -1.99. The molecule has 0 spiro atoms. The molecule has 0 aromatic carbocycles. The third-order valence-electron chi connectivity index (χ3n) is 2.07. The van der Waals surface area contributed by atoms with Crippen molar-refractivity contribution in [2.24, 2.45) is 0 Å². The van der Waals surface area contributed by atoms with E-state index in [1.807, 2.05) is 25.6 Å². The smallest absolute Gasteiger partial charge is 0.137 e. The van der Waals surface area contributed by atoms with Gasteiger partial charge in [-0.15, -0.1) is 0 Å². The first-order valence-electron chi connectivity index (χ1n) is 4.75. The quantitative estimate of drug-likeness (QED) is 0.680. The molecule has 0 aliphatic carbocycles. The van der Waals surface area contributed by atoms with E-state index in [0.717, 1.165) is 17.2 Å². The van der Waals surface area contributed by atoms with Crippen molar-refractivity contribution in [3.63, 3.8) is 0 Å². The second-order valence-corrected chi connectivity index (χ2v) is 4.31. The van der Waals surface area contributed by atoms with E-state index in [2.05, 4.69) is 12.1 Å². The van der Waals surface area contributed by atoms with Crippen LogP contribution in [-0.4, -0.2) is 10.9 Å². The van der Waals surface area contributed by atoms with Gasteiger partial charge in [-0.2, -0.15) is 11.8 Å². The van der Waals surface area contributed by atoms with Crippen LogP contribution in [0, 0.1) is 13.8 Å². The Bertz CT molecular complexity index is 238. The standard InChI is InChI=1S/C10H17NOS/c1-4-5-6-13-7-10-8(2)11-12-9(10)3/h4-7H2,1-3H3. The molecule has 0 bridgehead atoms. The van der Waals surface area contributed by atoms with Crippen molar-refractivity contribution < 1.29 is 4.52 Å². The van der Waals surface area contributed by atoms with E-state index >= 15 is 0 Å². The van der Waals surface area contributed by atoms with Crippen molar-refractivity contribution in [3.05, 3.63) is 17.0 Å². The lowest BCUT2D eigenvalue weighted by atomic mass is 10.2. The third kappa shape index (κ3) is 3.07. The highest BCUT2D eigenvalue weighted by Crippen LogP contribution is 2.19. The van der Waals surface area contributed by atoms with Gasteiger partial charge in [0.25, 0.3) is 0 Å². The van der Waals surface area contributed by atoms with Crippen LogP contribution in [0.4, 0.5) is 0 Å². The summed E-state index contributed by atoms with van der Waals surface area (Å²) in [6, 6.07) is 0. The number of unbranched alkanes of at least 4 members (excludes halogenated alkanes) is 1. The normalized spacial score (nSPS) is 10.7. The molecular formula is C10H17NOS. The molecule has 1 heterocycles. The van der Waals surface area contributed by atoms with Crippen LogP contribution in [0.2, 0.25) is 0 Å². The van der Waals surface area contributed by atoms with Crippen LogP contribution >= 0.6 is 11.8 Å². The number of hydrogen-bond acceptors (Lipinski definition) is 3. The molecule has 0 saturated heterocycles. The predicted molar refractivity (Wildman–Crippen MR) is 57.0 cm³/mol. The van der Waals surface area contributed by atoms with E-state index < -0.39 is 0 Å². The Kier molecular flexibility index (Phi) is 4.36. The Balaban J connectivity index is 2.36. The topological polar surface area (TPSA) is 26.0 Å². The van der Waals surface area contributed by atoms with Gasteiger partial charge in [-0.3, -0.25) is 0 Å². The number of thioether (sulfide) groups is 1. The Morgan fingerprint density at radius 2 is 2.15 bits per heavy atom. The molecule has 1 aromatic heterocycles. The van der Waals surface area contributed by atoms with Gasteiger partial charge in [-0.25, -0.2) is 0 Å². The van der Waals surface area contributed by atoms with Crippen LogP contribution in [-0.2, 0) is 5.75 Å². The van der Waals surface area contributed by atoms with E-state index in [1.54, 1.807) is 0 Å². The van der Waals surface area contributed by atoms with Gasteiger partial charge in [-0.1, -0.05) is 18.5 Å². The second-order valence-electron chi connectivity index (χ2n) is 3.21. The van der Waals surface area contributed by atoms with Crippen molar-refractivity contribution in [1.82, 2.24) is 5.16 Å². The number of rotatable bonds is 5. The molecule has 0 aliphatic rings. The molecule has 0 amide bonds. The largest absolute Gasteiger partial charge is 0.361 e. The highest BCUT2D eigenvalue weighted by Gasteiger charge is 2.07. The van der Waals surface area contributed by atoms with Gasteiger partial charge in [0, 0.05) is 11.3 Å². The summed E-state index contributed by atoms with van der Waals surface area (Å²) in [7, 11) is 0. The number of nitrogens with zero attached hydrogens (tertiary/aromatic N) is 1. The average Bonchev–Trinajstić information content (AvgIpc) is 2.42. The fraction of sp³-hybridized carbons (Fsp3) is 0.700. The van der Waals surface area contributed by atoms with Crippen molar-refractivity contribution >= 4 is 11.8 Å². The molecule has 1 aromatic rings. The SMILES string of the molecule is CCCCSCc1c(C)noc1C. The Hall–Kier alpha value is -0.440. The predicted octanol–water partition coefficient (Wildman–Crippen LogP) is 3.32. The van der Waals surface area contributed by atoms with E-state index in [9.17, 15) is 0 Å². The molecule has 1 rings (SSSR count). The molecule has 2 nitrogen and oxygen atoms in total. The first kappa shape index (κ1) is 10.6. The maximum atomic E-state index is 5.09. The molecule has 0 aliphatic heterocycles. The zero-order chi connectivity index (χ0) is 9.68. The van der Waals surface area contributed by atoms with Crippen molar-refractivity contribution in [2.45, 2.75) is 39.4 Å². The summed E-state index contributed by atoms with van der Waals surface area (Å²) in [4.78, 5) is 0. The molecule has 0 radical (unpaired) electrons. The third-order valence-corrected chi connectivity index (χ3v) is 3.14. The summed E-state index contributed by atoms with van der Waals surface area (Å²) in [5, 5.41) is 3.93. The molecule has 0 saturated carbocycles. The van der Waals surface area contributed by atoms with Crippen molar-refractivity contribution in [2.75, 3.05) is 5.75 Å². The van der Waals surface area contributed by atoms with Gasteiger partial charge in [0.05, 0.1) is 5.69 Å². The van der Waals surface area contributed by atoms with Crippen LogP contribution in [0.25, 0.3) is 0 Å². The zero-order valence-electron chi connectivity index (χ0n) is 8.59. The average molecular weight is 199 g/mol. The maximum absolute atomic E-state index is 5.09. The summed E-state index contributed by atoms with van der Waals surface area (Å²) in [6.07, 6.45) is 2.57. The summed E-state index contributed by atoms with van der Waals surface area (Å²) in [6.45, 7) is 6.21. The van der Waals surface area contributed by atoms with Gasteiger partial charge in [0.2, 0.25) is 0 Å². The van der Waals surface area contributed by atoms with Crippen molar-refractivity contribution in [3.8, 4) is 0 Å². The van der Waals surface area contributed by atoms with Crippen LogP contribution in [0.1, 0.15) is 36.8 Å². The fourth-order valence-electron chi connectivity index (χ4n) is 1.13. The van der Waals surface area contributed by atoms with Crippen LogP contribution in [0.3, 0.4) is 0 Å². The van der Waals surface area contributed by atoms with E-state index in [1.165, 1.54) is 24.2 Å². The zero-order valence-corrected chi connectivity index (χ0v) is 9.41. The van der Waals surface area contributed by atoms with Crippen LogP contribution < -0.4 is 0 Å². The Morgan fingerprint density at radius 1 is 1.38 bits per heavy atom. The lowest BCUT2D eigenvalue weighted by Crippen LogP contribution is -1.86. The fourth-order valence-corrected chi connectivity index (χ4v) is 2.38. The van der Waals surface area contributed by atoms with Gasteiger partial charge in [-0.05, 0) is 26.0 Å². The van der Waals surface area contributed by atoms with Gasteiger partial charge < -0.3 is 4.52 Å². The van der Waals surface area contributed by atoms with E-state index in [-0.39, 0.29) is 0 Å². The Morgan fingerprint density at radius 3 is 2.69 bits per heavy atom. The van der Waals surface area contributed by atoms with Crippen LogP contribution in [0.15, 0.2) is 4.52 Å². The van der Waals surface area contributed by atoms with E-state index in [0.29, 0.717) is 0 Å². The molecule has 74 valence electrons. The summed E-state index contributed by atoms with van der Waals surface area (Å²) < 4.78 is 5.09. The summed E-state index contributed by atoms with van der Waals surface area (Å²) in [5.41, 5.74) is 2.32. The van der Waals surface area contributed by atoms with Crippen molar-refractivity contribution in [1.29, 1.82) is 0 Å². The minimum absolute atomic E-state index is 0.974. The number of hydrogen-bond donors (Lipinski definition) is 0. The van der Waals surface area contributed by atoms with Gasteiger partial charge in [0.15, 0.2) is 0 Å². The first-order chi connectivity index (χ1) is 6.25. The monoisotopic (exact) mass is 199 g/mol. The molecule has 13 heavy (non-hydrogen) atoms. The first-order valence-corrected chi connectivity index (χ1v) is 5.90. The maximum Gasteiger partial charge on any atom is 0.137 e. The minimum Gasteiger partial charge on any atom is -0.361 e. The Labute approximate surface area is 84.1 Å². The number of aromatic nitrogens is 1. The number of aryl methyl sites for hydroxylation is 2. The summed E-state index contributed by atoms with van der Waals surface area (Å²) >= 11 is 1.96. The molecule has 0 unspecified atom stereocenters. The van der Waals surface area contributed by atoms with E-state index in [4.69, 9.17) is 4.52 Å². The lowest BCUT2D eigenvalue weighted by molar-refractivity contribution is 0.392. The van der Waals surface area contributed by atoms with Crippen LogP contribution in [0.5, 0.6) is 0 Å². The summed E-state index contributed by atoms with van der Waals surface area (Å²) in [5.74, 6) is 3.25. The molecule has 3 heteroatoms. The highest BCUT2D eigenvalue weighted by atomic mass is 32.2.